The van der Waals surface area contributed by atoms with Crippen molar-refractivity contribution >= 4 is 29.4 Å². The maximum atomic E-state index is 12.2. The second kappa shape index (κ2) is 7.96. The van der Waals surface area contributed by atoms with Crippen LogP contribution in [0.25, 0.3) is 0 Å². The highest BCUT2D eigenvalue weighted by molar-refractivity contribution is 6.30. The molecule has 1 aliphatic heterocycles. The summed E-state index contributed by atoms with van der Waals surface area (Å²) in [5.74, 6) is 0.187. The molecule has 0 spiro atoms. The van der Waals surface area contributed by atoms with Gasteiger partial charge in [0.05, 0.1) is 6.21 Å². The zero-order chi connectivity index (χ0) is 20.5. The quantitative estimate of drug-likeness (QED) is 0.538. The number of hydrogen-bond acceptors (Lipinski definition) is 3. The van der Waals surface area contributed by atoms with Gasteiger partial charge in [-0.05, 0) is 81.5 Å². The van der Waals surface area contributed by atoms with Crippen LogP contribution in [-0.4, -0.2) is 23.7 Å². The lowest BCUT2D eigenvalue weighted by molar-refractivity contribution is 0.0955. The molecule has 1 atom stereocenters. The fourth-order valence-electron chi connectivity index (χ4n) is 4.39. The topological polar surface area (TPSA) is 44.7 Å². The molecule has 5 heteroatoms. The van der Waals surface area contributed by atoms with E-state index in [0.29, 0.717) is 22.5 Å². The molecule has 0 aromatic heterocycles. The molecule has 3 rings (SSSR count). The first-order valence-electron chi connectivity index (χ1n) is 9.71. The first kappa shape index (κ1) is 20.4. The standard InChI is InChI=1S/C23H28ClN3O/c1-15(2)27-21-10-9-17(11-20(21)16(3)13-23(27,4)5)14-25-26-22(28)18-7-6-8-19(24)12-18/h6-12,14-16H,13H2,1-5H3,(H,26,28)/b25-14-/t16-/m1/s1. The lowest BCUT2D eigenvalue weighted by atomic mass is 9.79. The predicted molar refractivity (Wildman–Crippen MR) is 118 cm³/mol. The lowest BCUT2D eigenvalue weighted by Gasteiger charge is -2.50. The molecule has 0 unspecified atom stereocenters. The Kier molecular flexibility index (Phi) is 5.80. The number of hydrazone groups is 1. The van der Waals surface area contributed by atoms with Gasteiger partial charge in [0.25, 0.3) is 5.91 Å². The van der Waals surface area contributed by atoms with E-state index >= 15 is 0 Å². The summed E-state index contributed by atoms with van der Waals surface area (Å²) in [6.07, 6.45) is 2.79. The van der Waals surface area contributed by atoms with Gasteiger partial charge in [0, 0.05) is 27.9 Å². The zero-order valence-corrected chi connectivity index (χ0v) is 17.9. The van der Waals surface area contributed by atoms with Gasteiger partial charge >= 0.3 is 0 Å². The van der Waals surface area contributed by atoms with Crippen molar-refractivity contribution in [1.29, 1.82) is 0 Å². The Labute approximate surface area is 172 Å². The van der Waals surface area contributed by atoms with Crippen LogP contribution in [0.1, 0.15) is 68.4 Å². The SMILES string of the molecule is CC(C)N1c2ccc(/C=N\NC(=O)c3cccc(Cl)c3)cc2[C@H](C)CC1(C)C. The van der Waals surface area contributed by atoms with Crippen LogP contribution in [0, 0.1) is 0 Å². The largest absolute Gasteiger partial charge is 0.364 e. The highest BCUT2D eigenvalue weighted by Gasteiger charge is 2.37. The monoisotopic (exact) mass is 397 g/mol. The van der Waals surface area contributed by atoms with Gasteiger partial charge in [0.15, 0.2) is 0 Å². The van der Waals surface area contributed by atoms with Crippen LogP contribution < -0.4 is 10.3 Å². The number of carbonyl (C=O) groups excluding carboxylic acids is 1. The van der Waals surface area contributed by atoms with Gasteiger partial charge in [-0.3, -0.25) is 4.79 Å². The van der Waals surface area contributed by atoms with Crippen molar-refractivity contribution in [3.63, 3.8) is 0 Å². The number of benzene rings is 2. The molecule has 2 aromatic rings. The van der Waals surface area contributed by atoms with Gasteiger partial charge < -0.3 is 4.90 Å². The number of hydrogen-bond donors (Lipinski definition) is 1. The molecule has 1 N–H and O–H groups in total. The maximum absolute atomic E-state index is 12.2. The summed E-state index contributed by atoms with van der Waals surface area (Å²) in [6, 6.07) is 13.6. The highest BCUT2D eigenvalue weighted by Crippen LogP contribution is 2.44. The summed E-state index contributed by atoms with van der Waals surface area (Å²) in [5, 5.41) is 4.65. The van der Waals surface area contributed by atoms with Crippen molar-refractivity contribution in [2.24, 2.45) is 5.10 Å². The van der Waals surface area contributed by atoms with Crippen LogP contribution in [0.3, 0.4) is 0 Å². The molecule has 1 amide bonds. The van der Waals surface area contributed by atoms with E-state index < -0.39 is 0 Å². The van der Waals surface area contributed by atoms with Gasteiger partial charge in [0.1, 0.15) is 0 Å². The molecular formula is C23H28ClN3O. The number of nitrogens with zero attached hydrogens (tertiary/aromatic N) is 2. The van der Waals surface area contributed by atoms with E-state index in [0.717, 1.165) is 12.0 Å². The Hall–Kier alpha value is -2.33. The second-order valence-electron chi connectivity index (χ2n) is 8.41. The van der Waals surface area contributed by atoms with Gasteiger partial charge in [-0.25, -0.2) is 5.43 Å². The summed E-state index contributed by atoms with van der Waals surface area (Å²) >= 11 is 5.93. The third kappa shape index (κ3) is 4.22. The molecule has 0 radical (unpaired) electrons. The first-order chi connectivity index (χ1) is 13.2. The van der Waals surface area contributed by atoms with E-state index in [1.165, 1.54) is 11.3 Å². The molecule has 28 heavy (non-hydrogen) atoms. The second-order valence-corrected chi connectivity index (χ2v) is 8.85. The molecular weight excluding hydrogens is 370 g/mol. The Morgan fingerprint density at radius 2 is 2.04 bits per heavy atom. The van der Waals surface area contributed by atoms with Gasteiger partial charge in [-0.15, -0.1) is 0 Å². The van der Waals surface area contributed by atoms with E-state index in [4.69, 9.17) is 11.6 Å². The lowest BCUT2D eigenvalue weighted by Crippen LogP contribution is -2.51. The molecule has 2 aromatic carbocycles. The Balaban J connectivity index is 1.79. The van der Waals surface area contributed by atoms with Crippen LogP contribution in [0.4, 0.5) is 5.69 Å². The van der Waals surface area contributed by atoms with Crippen LogP contribution in [-0.2, 0) is 0 Å². The van der Waals surface area contributed by atoms with Crippen molar-refractivity contribution in [3.8, 4) is 0 Å². The molecule has 148 valence electrons. The van der Waals surface area contributed by atoms with Crippen molar-refractivity contribution < 1.29 is 4.79 Å². The average molecular weight is 398 g/mol. The molecule has 0 saturated carbocycles. The van der Waals surface area contributed by atoms with Crippen molar-refractivity contribution in [2.75, 3.05) is 4.90 Å². The molecule has 1 aliphatic rings. The smallest absolute Gasteiger partial charge is 0.271 e. The Morgan fingerprint density at radius 3 is 2.71 bits per heavy atom. The minimum atomic E-state index is -0.280. The predicted octanol–water partition coefficient (Wildman–Crippen LogP) is 5.60. The Bertz CT molecular complexity index is 904. The molecule has 1 heterocycles. The van der Waals surface area contributed by atoms with Gasteiger partial charge in [-0.1, -0.05) is 30.7 Å². The van der Waals surface area contributed by atoms with Crippen LogP contribution in [0.15, 0.2) is 47.6 Å². The highest BCUT2D eigenvalue weighted by atomic mass is 35.5. The summed E-state index contributed by atoms with van der Waals surface area (Å²) in [4.78, 5) is 14.7. The summed E-state index contributed by atoms with van der Waals surface area (Å²) in [5.41, 5.74) is 6.77. The van der Waals surface area contributed by atoms with E-state index in [2.05, 4.69) is 68.2 Å². The summed E-state index contributed by atoms with van der Waals surface area (Å²) in [7, 11) is 0. The fraction of sp³-hybridized carbons (Fsp3) is 0.391. The third-order valence-electron chi connectivity index (χ3n) is 5.28. The van der Waals surface area contributed by atoms with E-state index in [-0.39, 0.29) is 11.4 Å². The summed E-state index contributed by atoms with van der Waals surface area (Å²) < 4.78 is 0. The third-order valence-corrected chi connectivity index (χ3v) is 5.52. The molecule has 0 fully saturated rings. The van der Waals surface area contributed by atoms with E-state index in [9.17, 15) is 4.79 Å². The van der Waals surface area contributed by atoms with Crippen LogP contribution in [0.2, 0.25) is 5.02 Å². The average Bonchev–Trinajstić information content (AvgIpc) is 2.61. The van der Waals surface area contributed by atoms with Crippen LogP contribution >= 0.6 is 11.6 Å². The van der Waals surface area contributed by atoms with Crippen molar-refractivity contribution in [1.82, 2.24) is 5.43 Å². The Morgan fingerprint density at radius 1 is 1.29 bits per heavy atom. The van der Waals surface area contributed by atoms with Crippen molar-refractivity contribution in [3.05, 3.63) is 64.2 Å². The van der Waals surface area contributed by atoms with Gasteiger partial charge in [0.2, 0.25) is 0 Å². The number of nitrogens with one attached hydrogen (secondary N) is 1. The minimum absolute atomic E-state index is 0.126. The minimum Gasteiger partial charge on any atom is -0.364 e. The number of fused-ring (bicyclic) bond motifs is 1. The van der Waals surface area contributed by atoms with E-state index in [1.54, 1.807) is 30.5 Å². The molecule has 0 saturated heterocycles. The number of carbonyl (C=O) groups is 1. The molecule has 4 nitrogen and oxygen atoms in total. The number of amides is 1. The van der Waals surface area contributed by atoms with Gasteiger partial charge in [-0.2, -0.15) is 5.10 Å². The maximum Gasteiger partial charge on any atom is 0.271 e. The molecule has 0 aliphatic carbocycles. The van der Waals surface area contributed by atoms with E-state index in [1.807, 2.05) is 0 Å². The first-order valence-corrected chi connectivity index (χ1v) is 10.1. The fourth-order valence-corrected chi connectivity index (χ4v) is 4.58. The zero-order valence-electron chi connectivity index (χ0n) is 17.2. The number of anilines is 1. The number of rotatable bonds is 4. The summed E-state index contributed by atoms with van der Waals surface area (Å²) in [6.45, 7) is 11.4. The normalized spacial score (nSPS) is 18.4. The molecule has 0 bridgehead atoms. The van der Waals surface area contributed by atoms with Crippen molar-refractivity contribution in [2.45, 2.75) is 58.5 Å². The van der Waals surface area contributed by atoms with Crippen LogP contribution in [0.5, 0.6) is 0 Å². The number of halogens is 1.